The van der Waals surface area contributed by atoms with Gasteiger partial charge in [0.1, 0.15) is 5.60 Å². The van der Waals surface area contributed by atoms with Crippen molar-refractivity contribution in [2.24, 2.45) is 0 Å². The van der Waals surface area contributed by atoms with E-state index in [1.54, 1.807) is 20.8 Å². The number of carbonyl (C=O) groups is 3. The normalized spacial score (nSPS) is 19.2. The van der Waals surface area contributed by atoms with Crippen LogP contribution in [-0.2, 0) is 19.1 Å². The fraction of sp³-hybridized carbons (Fsp3) is 0.812. The summed E-state index contributed by atoms with van der Waals surface area (Å²) in [4.78, 5) is 37.3. The molecule has 8 heteroatoms. The third kappa shape index (κ3) is 8.26. The van der Waals surface area contributed by atoms with Crippen molar-refractivity contribution in [2.45, 2.75) is 51.7 Å². The smallest absolute Gasteiger partial charge is 0.320 e. The van der Waals surface area contributed by atoms with E-state index in [9.17, 15) is 14.4 Å². The molecule has 0 spiro atoms. The Morgan fingerprint density at radius 1 is 1.12 bits per heavy atom. The molecule has 0 radical (unpaired) electrons. The molecule has 1 heterocycles. The maximum atomic E-state index is 12.0. The number of hydrogen-bond donors (Lipinski definition) is 2. The lowest BCUT2D eigenvalue weighted by Gasteiger charge is -2.37. The second-order valence-electron chi connectivity index (χ2n) is 7.16. The first-order chi connectivity index (χ1) is 11.1. The van der Waals surface area contributed by atoms with Crippen LogP contribution in [0.2, 0.25) is 0 Å². The van der Waals surface area contributed by atoms with Crippen molar-refractivity contribution in [2.75, 3.05) is 32.7 Å². The van der Waals surface area contributed by atoms with E-state index in [0.29, 0.717) is 6.54 Å². The number of esters is 1. The quantitative estimate of drug-likeness (QED) is 0.618. The number of carbonyl (C=O) groups excluding carboxylic acids is 1. The van der Waals surface area contributed by atoms with Gasteiger partial charge in [-0.1, -0.05) is 6.42 Å². The van der Waals surface area contributed by atoms with E-state index in [1.807, 2.05) is 4.90 Å². The summed E-state index contributed by atoms with van der Waals surface area (Å²) in [6.07, 6.45) is 2.74. The van der Waals surface area contributed by atoms with Gasteiger partial charge in [-0.3, -0.25) is 24.2 Å². The van der Waals surface area contributed by atoms with Crippen molar-refractivity contribution in [1.29, 1.82) is 0 Å². The molecule has 0 bridgehead atoms. The van der Waals surface area contributed by atoms with E-state index in [-0.39, 0.29) is 31.6 Å². The molecule has 0 aromatic carbocycles. The van der Waals surface area contributed by atoms with Crippen LogP contribution >= 0.6 is 0 Å². The number of rotatable bonds is 8. The van der Waals surface area contributed by atoms with Crippen LogP contribution in [-0.4, -0.2) is 82.3 Å². The highest BCUT2D eigenvalue weighted by molar-refractivity contribution is 5.73. The van der Waals surface area contributed by atoms with Gasteiger partial charge >= 0.3 is 17.9 Å². The van der Waals surface area contributed by atoms with Crippen LogP contribution in [0.4, 0.5) is 0 Å². The van der Waals surface area contributed by atoms with Gasteiger partial charge in [0.2, 0.25) is 0 Å². The molecule has 0 amide bonds. The molecule has 0 saturated carbocycles. The van der Waals surface area contributed by atoms with Crippen molar-refractivity contribution in [3.05, 3.63) is 0 Å². The van der Waals surface area contributed by atoms with Crippen LogP contribution in [0.25, 0.3) is 0 Å². The van der Waals surface area contributed by atoms with E-state index in [4.69, 9.17) is 14.9 Å². The largest absolute Gasteiger partial charge is 0.480 e. The zero-order chi connectivity index (χ0) is 18.3. The number of nitrogens with zero attached hydrogens (tertiary/aromatic N) is 2. The summed E-state index contributed by atoms with van der Waals surface area (Å²) in [5.41, 5.74) is -0.555. The van der Waals surface area contributed by atoms with Gasteiger partial charge in [0, 0.05) is 12.6 Å². The molecule has 1 fully saturated rings. The average Bonchev–Trinajstić information content (AvgIpc) is 2.37. The first-order valence-corrected chi connectivity index (χ1v) is 8.18. The number of likely N-dealkylation sites (tertiary alicyclic amines) is 1. The Kier molecular flexibility index (Phi) is 7.62. The SMILES string of the molecule is CC(C)(C)OC(=O)CN1CCCCC1CN(CC(=O)O)CC(=O)O. The Morgan fingerprint density at radius 3 is 2.21 bits per heavy atom. The Morgan fingerprint density at radius 2 is 1.71 bits per heavy atom. The van der Waals surface area contributed by atoms with Gasteiger partial charge in [-0.05, 0) is 40.2 Å². The number of piperidine rings is 1. The number of aliphatic carboxylic acids is 2. The minimum absolute atomic E-state index is 0.0510. The van der Waals surface area contributed by atoms with Crippen molar-refractivity contribution < 1.29 is 29.3 Å². The van der Waals surface area contributed by atoms with Crippen LogP contribution in [0.5, 0.6) is 0 Å². The molecule has 1 rings (SSSR count). The molecule has 2 N–H and O–H groups in total. The van der Waals surface area contributed by atoms with Crippen molar-refractivity contribution >= 4 is 17.9 Å². The fourth-order valence-corrected chi connectivity index (χ4v) is 2.88. The molecule has 1 saturated heterocycles. The second kappa shape index (κ2) is 8.98. The molecule has 0 aromatic rings. The zero-order valence-corrected chi connectivity index (χ0v) is 14.7. The summed E-state index contributed by atoms with van der Waals surface area (Å²) in [7, 11) is 0. The van der Waals surface area contributed by atoms with Crippen molar-refractivity contribution in [3.8, 4) is 0 Å². The first kappa shape index (κ1) is 20.4. The van der Waals surface area contributed by atoms with Crippen LogP contribution in [0.15, 0.2) is 0 Å². The van der Waals surface area contributed by atoms with E-state index in [1.165, 1.54) is 4.90 Å². The Labute approximate surface area is 142 Å². The summed E-state index contributed by atoms with van der Waals surface area (Å²) >= 11 is 0. The molecule has 138 valence electrons. The summed E-state index contributed by atoms with van der Waals surface area (Å²) in [6.45, 7) is 5.92. The molecular formula is C16H28N2O6. The Hall–Kier alpha value is -1.67. The molecular weight excluding hydrogens is 316 g/mol. The second-order valence-corrected chi connectivity index (χ2v) is 7.16. The summed E-state index contributed by atoms with van der Waals surface area (Å²) < 4.78 is 5.34. The number of carboxylic acid groups (broad SMARTS) is 2. The van der Waals surface area contributed by atoms with Crippen LogP contribution in [0.3, 0.4) is 0 Å². The number of ether oxygens (including phenoxy) is 1. The van der Waals surface area contributed by atoms with E-state index in [0.717, 1.165) is 25.8 Å². The first-order valence-electron chi connectivity index (χ1n) is 8.18. The Bertz CT molecular complexity index is 444. The molecule has 1 unspecified atom stereocenters. The average molecular weight is 344 g/mol. The molecule has 1 atom stereocenters. The maximum absolute atomic E-state index is 12.0. The number of hydrogen-bond acceptors (Lipinski definition) is 6. The third-order valence-electron chi connectivity index (χ3n) is 3.69. The van der Waals surface area contributed by atoms with Gasteiger partial charge in [-0.15, -0.1) is 0 Å². The highest BCUT2D eigenvalue weighted by Crippen LogP contribution is 2.19. The molecule has 0 aliphatic carbocycles. The van der Waals surface area contributed by atoms with Crippen LogP contribution in [0.1, 0.15) is 40.0 Å². The highest BCUT2D eigenvalue weighted by atomic mass is 16.6. The van der Waals surface area contributed by atoms with Gasteiger partial charge in [0.25, 0.3) is 0 Å². The standard InChI is InChI=1S/C16H28N2O6/c1-16(2,3)24-15(23)11-18-7-5-4-6-12(18)8-17(9-13(19)20)10-14(21)22/h12H,4-11H2,1-3H3,(H,19,20)(H,21,22). The van der Waals surface area contributed by atoms with Gasteiger partial charge in [-0.25, -0.2) is 0 Å². The monoisotopic (exact) mass is 344 g/mol. The van der Waals surface area contributed by atoms with Gasteiger partial charge < -0.3 is 14.9 Å². The summed E-state index contributed by atoms with van der Waals surface area (Å²) in [6, 6.07) is -0.0510. The van der Waals surface area contributed by atoms with Gasteiger partial charge in [0.15, 0.2) is 0 Å². The summed E-state index contributed by atoms with van der Waals surface area (Å²) in [5.74, 6) is -2.45. The lowest BCUT2D eigenvalue weighted by molar-refractivity contribution is -0.157. The highest BCUT2D eigenvalue weighted by Gasteiger charge is 2.29. The fourth-order valence-electron chi connectivity index (χ4n) is 2.88. The van der Waals surface area contributed by atoms with Crippen LogP contribution in [0, 0.1) is 0 Å². The van der Waals surface area contributed by atoms with Crippen molar-refractivity contribution in [1.82, 2.24) is 9.80 Å². The topological polar surface area (TPSA) is 107 Å². The van der Waals surface area contributed by atoms with Gasteiger partial charge in [0.05, 0.1) is 19.6 Å². The predicted octanol–water partition coefficient (Wildman–Crippen LogP) is 0.654. The lowest BCUT2D eigenvalue weighted by atomic mass is 10.0. The summed E-state index contributed by atoms with van der Waals surface area (Å²) in [5, 5.41) is 17.9. The molecule has 0 aromatic heterocycles. The lowest BCUT2D eigenvalue weighted by Crippen LogP contribution is -2.50. The predicted molar refractivity (Wildman–Crippen MR) is 86.8 cm³/mol. The Balaban J connectivity index is 2.68. The van der Waals surface area contributed by atoms with Gasteiger partial charge in [-0.2, -0.15) is 0 Å². The minimum atomic E-state index is -1.06. The van der Waals surface area contributed by atoms with E-state index in [2.05, 4.69) is 0 Å². The van der Waals surface area contributed by atoms with Crippen LogP contribution < -0.4 is 0 Å². The molecule has 1 aliphatic heterocycles. The number of carboxylic acids is 2. The molecule has 1 aliphatic rings. The van der Waals surface area contributed by atoms with Crippen molar-refractivity contribution in [3.63, 3.8) is 0 Å². The van der Waals surface area contributed by atoms with E-state index >= 15 is 0 Å². The minimum Gasteiger partial charge on any atom is -0.480 e. The zero-order valence-electron chi connectivity index (χ0n) is 14.7. The molecule has 8 nitrogen and oxygen atoms in total. The maximum Gasteiger partial charge on any atom is 0.320 e. The third-order valence-corrected chi connectivity index (χ3v) is 3.69. The molecule has 24 heavy (non-hydrogen) atoms. The van der Waals surface area contributed by atoms with E-state index < -0.39 is 17.5 Å².